The summed E-state index contributed by atoms with van der Waals surface area (Å²) in [4.78, 5) is 23.2. The molecular formula is C23H25ClN4O3. The molecule has 2 atom stereocenters. The first-order valence-electron chi connectivity index (χ1n) is 10.7. The number of likely N-dealkylation sites (tertiary alicyclic amines) is 1. The number of nitrogens with one attached hydrogen (secondary N) is 1. The molecule has 1 unspecified atom stereocenters. The molecule has 2 aliphatic rings. The van der Waals surface area contributed by atoms with Gasteiger partial charge in [-0.05, 0) is 62.6 Å². The van der Waals surface area contributed by atoms with Crippen LogP contribution in [0.3, 0.4) is 0 Å². The zero-order valence-electron chi connectivity index (χ0n) is 17.4. The third-order valence-electron chi connectivity index (χ3n) is 6.30. The highest BCUT2D eigenvalue weighted by molar-refractivity contribution is 6.31. The number of phenolic OH excluding ortho intramolecular Hbond substituents is 1. The summed E-state index contributed by atoms with van der Waals surface area (Å²) < 4.78 is 5.87. The van der Waals surface area contributed by atoms with Crippen LogP contribution >= 0.6 is 11.6 Å². The molecule has 1 saturated carbocycles. The maximum absolute atomic E-state index is 11.7. The van der Waals surface area contributed by atoms with Gasteiger partial charge in [0, 0.05) is 42.1 Å². The number of carbonyl (C=O) groups excluding carboxylic acids is 1. The Morgan fingerprint density at radius 3 is 2.90 bits per heavy atom. The number of hydrogen-bond acceptors (Lipinski definition) is 7. The fraction of sp³-hybridized carbons (Fsp3) is 0.435. The number of aromatic nitrogens is 2. The van der Waals surface area contributed by atoms with Crippen molar-refractivity contribution in [3.8, 4) is 17.0 Å². The zero-order chi connectivity index (χ0) is 21.5. The van der Waals surface area contributed by atoms with E-state index in [1.54, 1.807) is 6.07 Å². The number of nitrogens with zero attached hydrogens (tertiary/aromatic N) is 3. The largest absolute Gasteiger partial charge is 0.507 e. The van der Waals surface area contributed by atoms with Crippen molar-refractivity contribution in [1.29, 1.82) is 0 Å². The molecular weight excluding hydrogens is 416 g/mol. The minimum atomic E-state index is 0.0888. The van der Waals surface area contributed by atoms with E-state index in [4.69, 9.17) is 16.0 Å². The molecule has 1 aliphatic heterocycles. The predicted octanol–water partition coefficient (Wildman–Crippen LogP) is 4.41. The van der Waals surface area contributed by atoms with Crippen LogP contribution in [0.15, 0.2) is 28.7 Å². The van der Waals surface area contributed by atoms with Gasteiger partial charge in [0.05, 0.1) is 5.69 Å². The van der Waals surface area contributed by atoms with Gasteiger partial charge in [0.2, 0.25) is 5.65 Å². The van der Waals surface area contributed by atoms with Crippen LogP contribution in [0.1, 0.15) is 31.2 Å². The quantitative estimate of drug-likeness (QED) is 0.607. The Morgan fingerprint density at radius 1 is 1.29 bits per heavy atom. The summed E-state index contributed by atoms with van der Waals surface area (Å²) in [5.74, 6) is 0.710. The van der Waals surface area contributed by atoms with Crippen LogP contribution < -0.4 is 5.32 Å². The smallest absolute Gasteiger partial charge is 0.297 e. The molecule has 7 nitrogen and oxygen atoms in total. The first-order valence-corrected chi connectivity index (χ1v) is 11.1. The highest BCUT2D eigenvalue weighted by Gasteiger charge is 2.31. The number of aromatic hydroxyl groups is 1. The Kier molecular flexibility index (Phi) is 5.32. The van der Waals surface area contributed by atoms with Crippen LogP contribution in [0.5, 0.6) is 5.75 Å². The van der Waals surface area contributed by atoms with Gasteiger partial charge in [-0.3, -0.25) is 4.79 Å². The first kappa shape index (κ1) is 20.3. The van der Waals surface area contributed by atoms with Gasteiger partial charge in [-0.2, -0.15) is 4.98 Å². The van der Waals surface area contributed by atoms with E-state index in [1.165, 1.54) is 6.07 Å². The van der Waals surface area contributed by atoms with Crippen LogP contribution in [0.4, 0.5) is 6.01 Å². The minimum Gasteiger partial charge on any atom is -0.507 e. The highest BCUT2D eigenvalue weighted by Crippen LogP contribution is 2.35. The molecule has 3 heterocycles. The van der Waals surface area contributed by atoms with E-state index in [2.05, 4.69) is 20.2 Å². The number of fused-ring (bicyclic) bond motifs is 1. The number of halogens is 1. The number of ketones is 1. The van der Waals surface area contributed by atoms with E-state index in [-0.39, 0.29) is 17.7 Å². The van der Waals surface area contributed by atoms with Gasteiger partial charge in [-0.25, -0.2) is 4.98 Å². The lowest BCUT2D eigenvalue weighted by atomic mass is 9.83. The van der Waals surface area contributed by atoms with Crippen molar-refractivity contribution in [1.82, 2.24) is 14.9 Å². The van der Waals surface area contributed by atoms with E-state index in [0.29, 0.717) is 39.3 Å². The summed E-state index contributed by atoms with van der Waals surface area (Å²) in [6.45, 7) is 4.65. The topological polar surface area (TPSA) is 91.5 Å². The highest BCUT2D eigenvalue weighted by atomic mass is 35.5. The van der Waals surface area contributed by atoms with Crippen molar-refractivity contribution in [2.75, 3.05) is 25.0 Å². The number of piperidine rings is 1. The van der Waals surface area contributed by atoms with Gasteiger partial charge < -0.3 is 19.7 Å². The van der Waals surface area contributed by atoms with Gasteiger partial charge in [-0.15, -0.1) is 0 Å². The molecule has 2 aromatic heterocycles. The van der Waals surface area contributed by atoms with E-state index >= 15 is 0 Å². The Morgan fingerprint density at radius 2 is 2.16 bits per heavy atom. The lowest BCUT2D eigenvalue weighted by Crippen LogP contribution is -2.46. The summed E-state index contributed by atoms with van der Waals surface area (Å²) in [5.41, 5.74) is 3.17. The lowest BCUT2D eigenvalue weighted by Gasteiger charge is -2.36. The number of carbonyl (C=O) groups is 1. The molecule has 0 bridgehead atoms. The average molecular weight is 441 g/mol. The van der Waals surface area contributed by atoms with Crippen LogP contribution in [0.25, 0.3) is 22.5 Å². The number of pyridine rings is 1. The molecule has 1 aliphatic carbocycles. The average Bonchev–Trinajstić information content (AvgIpc) is 3.12. The Bertz CT molecular complexity index is 1120. The van der Waals surface area contributed by atoms with E-state index in [0.717, 1.165) is 50.9 Å². The van der Waals surface area contributed by atoms with Crippen molar-refractivity contribution < 1.29 is 14.3 Å². The maximum atomic E-state index is 11.7. The van der Waals surface area contributed by atoms with Gasteiger partial charge in [0.1, 0.15) is 11.5 Å². The number of anilines is 1. The first-order chi connectivity index (χ1) is 15.0. The minimum absolute atomic E-state index is 0.0888. The molecule has 0 amide bonds. The lowest BCUT2D eigenvalue weighted by molar-refractivity contribution is -0.130. The number of rotatable bonds is 5. The molecule has 5 rings (SSSR count). The molecule has 3 aromatic rings. The Hall–Kier alpha value is -2.64. The number of benzene rings is 1. The van der Waals surface area contributed by atoms with Crippen LogP contribution in [0, 0.1) is 12.8 Å². The number of hydrogen-bond donors (Lipinski definition) is 2. The molecule has 8 heteroatoms. The fourth-order valence-electron chi connectivity index (χ4n) is 4.56. The summed E-state index contributed by atoms with van der Waals surface area (Å²) >= 11 is 6.02. The second-order valence-corrected chi connectivity index (χ2v) is 9.04. The Balaban J connectivity index is 1.32. The van der Waals surface area contributed by atoms with Crippen LogP contribution in [-0.2, 0) is 4.79 Å². The fourth-order valence-corrected chi connectivity index (χ4v) is 4.83. The van der Waals surface area contributed by atoms with E-state index in [1.807, 2.05) is 19.1 Å². The monoisotopic (exact) mass is 440 g/mol. The van der Waals surface area contributed by atoms with Gasteiger partial charge in [0.15, 0.2) is 5.58 Å². The van der Waals surface area contributed by atoms with Gasteiger partial charge >= 0.3 is 0 Å². The summed E-state index contributed by atoms with van der Waals surface area (Å²) in [7, 11) is 0. The van der Waals surface area contributed by atoms with Crippen LogP contribution in [0.2, 0.25) is 5.02 Å². The molecule has 1 saturated heterocycles. The number of phenols is 1. The van der Waals surface area contributed by atoms with Gasteiger partial charge in [-0.1, -0.05) is 11.6 Å². The van der Waals surface area contributed by atoms with Crippen LogP contribution in [-0.4, -0.2) is 51.4 Å². The summed E-state index contributed by atoms with van der Waals surface area (Å²) in [6.07, 6.45) is 3.88. The van der Waals surface area contributed by atoms with Crippen molar-refractivity contribution in [2.45, 2.75) is 38.6 Å². The normalized spacial score (nSPS) is 21.9. The standard InChI is InChI=1S/C23H25ClN4O3/c1-13-9-15(24)10-19(30)21(13)17-5-7-20-22(26-17)27-23(31-20)25-16-3-2-8-28(12-16)11-14-4-6-18(14)29/h5,7,9-10,14,16,30H,2-4,6,8,11-12H2,1H3,(H,25,26,27)/t14?,16-/m1/s1. The second kappa shape index (κ2) is 8.13. The molecule has 0 spiro atoms. The second-order valence-electron chi connectivity index (χ2n) is 8.60. The third-order valence-corrected chi connectivity index (χ3v) is 6.51. The molecule has 0 radical (unpaired) electrons. The van der Waals surface area contributed by atoms with Crippen molar-refractivity contribution >= 4 is 34.6 Å². The number of oxazole rings is 1. The Labute approximate surface area is 185 Å². The zero-order valence-corrected chi connectivity index (χ0v) is 18.2. The molecule has 1 aromatic carbocycles. The maximum Gasteiger partial charge on any atom is 0.297 e. The predicted molar refractivity (Wildman–Crippen MR) is 119 cm³/mol. The van der Waals surface area contributed by atoms with Crippen molar-refractivity contribution in [3.05, 3.63) is 34.9 Å². The molecule has 31 heavy (non-hydrogen) atoms. The molecule has 162 valence electrons. The van der Waals surface area contributed by atoms with E-state index in [9.17, 15) is 9.90 Å². The number of Topliss-reactive ketones (excluding diaryl/α,β-unsaturated/α-hetero) is 1. The summed E-state index contributed by atoms with van der Waals surface area (Å²) in [5, 5.41) is 14.2. The third kappa shape index (κ3) is 4.12. The SMILES string of the molecule is Cc1cc(Cl)cc(O)c1-c1ccc2oc(N[C@@H]3CCCN(CC4CCC4=O)C3)nc2n1. The molecule has 2 fully saturated rings. The van der Waals surface area contributed by atoms with Gasteiger partial charge in [0.25, 0.3) is 6.01 Å². The van der Waals surface area contributed by atoms with Crippen molar-refractivity contribution in [3.63, 3.8) is 0 Å². The molecule has 2 N–H and O–H groups in total. The van der Waals surface area contributed by atoms with Crippen molar-refractivity contribution in [2.24, 2.45) is 5.92 Å². The summed E-state index contributed by atoms with van der Waals surface area (Å²) in [6, 6.07) is 7.61. The number of aryl methyl sites for hydroxylation is 1. The van der Waals surface area contributed by atoms with E-state index < -0.39 is 0 Å².